The Labute approximate surface area is 368 Å². The Morgan fingerprint density at radius 2 is 0.855 bits per heavy atom. The molecule has 0 atom stereocenters. The number of halogens is 1. The van der Waals surface area contributed by atoms with E-state index in [1.807, 2.05) is 78.9 Å². The number of nitrogens with one attached hydrogen (secondary N) is 1. The maximum Gasteiger partial charge on any atom is 0.408 e. The van der Waals surface area contributed by atoms with E-state index in [1.54, 1.807) is 106 Å². The van der Waals surface area contributed by atoms with E-state index >= 15 is 0 Å². The number of alkyl halides is 1. The molecule has 0 aliphatic rings. The standard InChI is InChI=1S/C19H21NO4.C16H13NO4.C14H11BrO2/c1-19(2,3)24-18(22)20-13-16(21)15-11-7-8-12-17(15)23-14-9-5-4-6-10-14;18-11-17(12-19)10-15(20)14-8-4-5-9-16(14)21-13-6-2-1-3-7-13;15-10-13(16)12-8-4-5-9-14(12)17-11-6-2-1-3-7-11/h4-12H,13H2,1-3H3,(H,20,22);1-9,11-12H,10H2;1-9H,10H2. The van der Waals surface area contributed by atoms with Gasteiger partial charge in [0, 0.05) is 0 Å². The van der Waals surface area contributed by atoms with Gasteiger partial charge in [0.15, 0.2) is 17.3 Å². The number of alkyl carbamates (subject to hydrolysis) is 1. The van der Waals surface area contributed by atoms with Gasteiger partial charge in [-0.1, -0.05) is 107 Å². The summed E-state index contributed by atoms with van der Waals surface area (Å²) < 4.78 is 22.2. The summed E-state index contributed by atoms with van der Waals surface area (Å²) in [6, 6.07) is 48.5. The highest BCUT2D eigenvalue weighted by Crippen LogP contribution is 2.28. The molecule has 0 saturated heterocycles. The quantitative estimate of drug-likeness (QED) is 0.0564. The fourth-order valence-electron chi connectivity index (χ4n) is 5.19. The molecule has 1 N–H and O–H groups in total. The first-order valence-electron chi connectivity index (χ1n) is 19.1. The summed E-state index contributed by atoms with van der Waals surface area (Å²) in [6.45, 7) is 4.80. The van der Waals surface area contributed by atoms with Crippen LogP contribution in [0.3, 0.4) is 0 Å². The highest BCUT2D eigenvalue weighted by molar-refractivity contribution is 9.09. The van der Waals surface area contributed by atoms with E-state index in [-0.39, 0.29) is 30.4 Å². The molecule has 6 aromatic rings. The SMILES string of the molecule is CC(C)(C)OC(=O)NCC(=O)c1ccccc1Oc1ccccc1.O=C(CBr)c1ccccc1Oc1ccccc1.O=CN(C=O)CC(=O)c1ccccc1Oc1ccccc1. The van der Waals surface area contributed by atoms with Crippen molar-refractivity contribution in [3.05, 3.63) is 180 Å². The van der Waals surface area contributed by atoms with Gasteiger partial charge in [-0.2, -0.15) is 0 Å². The average molecular weight is 902 g/mol. The lowest BCUT2D eigenvalue weighted by molar-refractivity contribution is -0.128. The predicted molar refractivity (Wildman–Crippen MR) is 239 cm³/mol. The maximum absolute atomic E-state index is 12.4. The zero-order chi connectivity index (χ0) is 44.7. The highest BCUT2D eigenvalue weighted by atomic mass is 79.9. The smallest absolute Gasteiger partial charge is 0.408 e. The van der Waals surface area contributed by atoms with E-state index < -0.39 is 11.7 Å². The van der Waals surface area contributed by atoms with Crippen LogP contribution in [0.15, 0.2) is 164 Å². The van der Waals surface area contributed by atoms with Gasteiger partial charge in [0.05, 0.1) is 35.1 Å². The molecule has 318 valence electrons. The molecule has 0 bridgehead atoms. The second-order valence-corrected chi connectivity index (χ2v) is 14.4. The van der Waals surface area contributed by atoms with Gasteiger partial charge in [0.25, 0.3) is 0 Å². The number of amides is 3. The fourth-order valence-corrected chi connectivity index (χ4v) is 5.49. The van der Waals surface area contributed by atoms with Crippen molar-refractivity contribution in [1.82, 2.24) is 10.2 Å². The van der Waals surface area contributed by atoms with Crippen LogP contribution in [-0.4, -0.2) is 65.2 Å². The molecule has 0 saturated carbocycles. The molecule has 62 heavy (non-hydrogen) atoms. The van der Waals surface area contributed by atoms with Crippen molar-refractivity contribution in [2.24, 2.45) is 0 Å². The van der Waals surface area contributed by atoms with Gasteiger partial charge in [0.1, 0.15) is 40.1 Å². The Morgan fingerprint density at radius 3 is 1.21 bits per heavy atom. The zero-order valence-electron chi connectivity index (χ0n) is 34.3. The lowest BCUT2D eigenvalue weighted by Crippen LogP contribution is -2.35. The van der Waals surface area contributed by atoms with Crippen molar-refractivity contribution in [3.63, 3.8) is 0 Å². The molecule has 0 aromatic heterocycles. The van der Waals surface area contributed by atoms with E-state index in [4.69, 9.17) is 18.9 Å². The van der Waals surface area contributed by atoms with Crippen LogP contribution in [0.4, 0.5) is 4.79 Å². The molecule has 13 heteroatoms. The highest BCUT2D eigenvalue weighted by Gasteiger charge is 2.19. The molecule has 0 fully saturated rings. The molecule has 0 unspecified atom stereocenters. The Hall–Kier alpha value is -7.38. The van der Waals surface area contributed by atoms with Crippen LogP contribution < -0.4 is 19.5 Å². The number of imide groups is 1. The minimum absolute atomic E-state index is 0.0107. The van der Waals surface area contributed by atoms with Crippen molar-refractivity contribution in [3.8, 4) is 34.5 Å². The number of rotatable bonds is 16. The molecular weight excluding hydrogens is 856 g/mol. The maximum atomic E-state index is 12.4. The van der Waals surface area contributed by atoms with Crippen LogP contribution in [-0.2, 0) is 14.3 Å². The molecule has 0 aliphatic carbocycles. The van der Waals surface area contributed by atoms with Gasteiger partial charge in [0.2, 0.25) is 12.8 Å². The van der Waals surface area contributed by atoms with Crippen LogP contribution in [0.2, 0.25) is 0 Å². The molecular formula is C49H45BrN2O10. The first-order chi connectivity index (χ1) is 29.9. The predicted octanol–water partition coefficient (Wildman–Crippen LogP) is 10.5. The first-order valence-corrected chi connectivity index (χ1v) is 20.3. The van der Waals surface area contributed by atoms with E-state index in [0.717, 1.165) is 10.6 Å². The van der Waals surface area contributed by atoms with Crippen LogP contribution in [0.5, 0.6) is 34.5 Å². The van der Waals surface area contributed by atoms with Crippen molar-refractivity contribution in [1.29, 1.82) is 0 Å². The molecule has 0 heterocycles. The minimum Gasteiger partial charge on any atom is -0.457 e. The molecule has 6 rings (SSSR count). The molecule has 0 spiro atoms. The Balaban J connectivity index is 0.000000207. The number of ketones is 3. The van der Waals surface area contributed by atoms with Gasteiger partial charge < -0.3 is 24.3 Å². The van der Waals surface area contributed by atoms with Crippen molar-refractivity contribution >= 4 is 52.2 Å². The number of hydrogen-bond donors (Lipinski definition) is 1. The second-order valence-electron chi connectivity index (χ2n) is 13.9. The van der Waals surface area contributed by atoms with Crippen molar-refractivity contribution < 1.29 is 47.7 Å². The number of hydrogen-bond acceptors (Lipinski definition) is 10. The third-order valence-corrected chi connectivity index (χ3v) is 8.50. The summed E-state index contributed by atoms with van der Waals surface area (Å²) in [6.07, 6.45) is -0.00534. The molecule has 6 aromatic carbocycles. The topological polar surface area (TPSA) is 155 Å². The lowest BCUT2D eigenvalue weighted by Gasteiger charge is -2.19. The van der Waals surface area contributed by atoms with E-state index in [2.05, 4.69) is 21.2 Å². The molecule has 0 radical (unpaired) electrons. The third kappa shape index (κ3) is 16.0. The van der Waals surface area contributed by atoms with Crippen molar-refractivity contribution in [2.75, 3.05) is 18.4 Å². The monoisotopic (exact) mass is 900 g/mol. The van der Waals surface area contributed by atoms with Crippen molar-refractivity contribution in [2.45, 2.75) is 26.4 Å². The fraction of sp³-hybridized carbons (Fsp3) is 0.143. The number of Topliss-reactive ketones (excluding diaryl/α,β-unsaturated/α-hetero) is 3. The summed E-state index contributed by atoms with van der Waals surface area (Å²) in [5.41, 5.74) is 0.697. The summed E-state index contributed by atoms with van der Waals surface area (Å²) in [5, 5.41) is 2.76. The van der Waals surface area contributed by atoms with Crippen LogP contribution in [0, 0.1) is 0 Å². The van der Waals surface area contributed by atoms with Gasteiger partial charge in [-0.3, -0.25) is 28.9 Å². The van der Waals surface area contributed by atoms with Crippen LogP contribution >= 0.6 is 15.9 Å². The molecule has 12 nitrogen and oxygen atoms in total. The van der Waals surface area contributed by atoms with Gasteiger partial charge in [-0.15, -0.1) is 0 Å². The lowest BCUT2D eigenvalue weighted by atomic mass is 10.1. The number of nitrogens with zero attached hydrogens (tertiary/aromatic N) is 1. The Bertz CT molecular complexity index is 2380. The molecule has 3 amide bonds. The summed E-state index contributed by atoms with van der Waals surface area (Å²) >= 11 is 3.17. The summed E-state index contributed by atoms with van der Waals surface area (Å²) in [5.74, 6) is 2.75. The number of ether oxygens (including phenoxy) is 4. The zero-order valence-corrected chi connectivity index (χ0v) is 35.9. The van der Waals surface area contributed by atoms with Crippen LogP contribution in [0.1, 0.15) is 51.8 Å². The van der Waals surface area contributed by atoms with E-state index in [1.165, 1.54) is 0 Å². The third-order valence-electron chi connectivity index (χ3n) is 7.99. The second kappa shape index (κ2) is 24.6. The van der Waals surface area contributed by atoms with E-state index in [9.17, 15) is 28.8 Å². The Kier molecular flexibility index (Phi) is 18.8. The number of carbonyl (C=O) groups is 6. The normalized spacial score (nSPS) is 10.2. The van der Waals surface area contributed by atoms with Gasteiger partial charge in [-0.25, -0.2) is 4.79 Å². The molecule has 0 aliphatic heterocycles. The number of para-hydroxylation sites is 6. The Morgan fingerprint density at radius 1 is 0.516 bits per heavy atom. The number of carbonyl (C=O) groups excluding carboxylic acids is 6. The summed E-state index contributed by atoms with van der Waals surface area (Å²) in [4.78, 5) is 69.8. The van der Waals surface area contributed by atoms with Gasteiger partial charge in [-0.05, 0) is 93.6 Å². The largest absolute Gasteiger partial charge is 0.457 e. The minimum atomic E-state index is -0.627. The number of benzene rings is 6. The average Bonchev–Trinajstić information content (AvgIpc) is 3.28. The summed E-state index contributed by atoms with van der Waals surface area (Å²) in [7, 11) is 0. The van der Waals surface area contributed by atoms with Gasteiger partial charge >= 0.3 is 6.09 Å². The van der Waals surface area contributed by atoms with E-state index in [0.29, 0.717) is 63.6 Å². The van der Waals surface area contributed by atoms with Crippen LogP contribution in [0.25, 0.3) is 0 Å². The first kappa shape index (κ1) is 47.3.